The standard InChI is InChI=1S/C12H12FN5O2S/c1-7-14-12(18-15-7)21-6-10(19)16-17-11(20)8-2-4-9(13)5-3-8/h2-5H,6H2,1H3,(H,16,19)(H,17,20)(H,14,15,18). The van der Waals surface area contributed by atoms with Gasteiger partial charge in [0.15, 0.2) is 0 Å². The minimum Gasteiger partial charge on any atom is -0.272 e. The van der Waals surface area contributed by atoms with Gasteiger partial charge < -0.3 is 0 Å². The summed E-state index contributed by atoms with van der Waals surface area (Å²) in [4.78, 5) is 27.2. The van der Waals surface area contributed by atoms with Crippen molar-refractivity contribution in [3.8, 4) is 0 Å². The van der Waals surface area contributed by atoms with Gasteiger partial charge in [0.05, 0.1) is 5.75 Å². The van der Waals surface area contributed by atoms with Gasteiger partial charge in [0, 0.05) is 5.56 Å². The largest absolute Gasteiger partial charge is 0.272 e. The lowest BCUT2D eigenvalue weighted by atomic mass is 10.2. The van der Waals surface area contributed by atoms with Crippen molar-refractivity contribution in [2.24, 2.45) is 0 Å². The number of aryl methyl sites for hydroxylation is 1. The molecule has 0 atom stereocenters. The number of rotatable bonds is 4. The fraction of sp³-hybridized carbons (Fsp3) is 0.167. The minimum absolute atomic E-state index is 0.0565. The highest BCUT2D eigenvalue weighted by molar-refractivity contribution is 7.99. The summed E-state index contributed by atoms with van der Waals surface area (Å²) in [6.07, 6.45) is 0. The summed E-state index contributed by atoms with van der Waals surface area (Å²) in [5, 5.41) is 6.97. The molecule has 3 N–H and O–H groups in total. The van der Waals surface area contributed by atoms with E-state index >= 15 is 0 Å². The van der Waals surface area contributed by atoms with Gasteiger partial charge in [-0.05, 0) is 31.2 Å². The zero-order valence-corrected chi connectivity index (χ0v) is 11.8. The van der Waals surface area contributed by atoms with Crippen LogP contribution in [0.4, 0.5) is 4.39 Å². The van der Waals surface area contributed by atoms with Gasteiger partial charge in [-0.2, -0.15) is 0 Å². The Bertz CT molecular complexity index is 643. The third kappa shape index (κ3) is 4.56. The van der Waals surface area contributed by atoms with E-state index in [-0.39, 0.29) is 11.3 Å². The number of halogens is 1. The fourth-order valence-electron chi connectivity index (χ4n) is 1.35. The first-order chi connectivity index (χ1) is 10.0. The number of thioether (sulfide) groups is 1. The molecule has 2 aromatic rings. The lowest BCUT2D eigenvalue weighted by Gasteiger charge is -2.06. The number of hydrogen-bond donors (Lipinski definition) is 3. The molecule has 7 nitrogen and oxygen atoms in total. The van der Waals surface area contributed by atoms with Crippen molar-refractivity contribution in [1.29, 1.82) is 0 Å². The molecule has 0 saturated heterocycles. The van der Waals surface area contributed by atoms with E-state index in [2.05, 4.69) is 26.0 Å². The van der Waals surface area contributed by atoms with E-state index in [1.54, 1.807) is 6.92 Å². The summed E-state index contributed by atoms with van der Waals surface area (Å²) in [6, 6.07) is 4.97. The number of amides is 2. The monoisotopic (exact) mass is 309 g/mol. The number of carbonyl (C=O) groups excluding carboxylic acids is 2. The number of hydrogen-bond acceptors (Lipinski definition) is 5. The first-order valence-electron chi connectivity index (χ1n) is 5.91. The van der Waals surface area contributed by atoms with E-state index < -0.39 is 17.6 Å². The van der Waals surface area contributed by atoms with Crippen molar-refractivity contribution in [2.45, 2.75) is 12.1 Å². The number of aromatic amines is 1. The van der Waals surface area contributed by atoms with Crippen molar-refractivity contribution < 1.29 is 14.0 Å². The average molecular weight is 309 g/mol. The predicted octanol–water partition coefficient (Wildman–Crippen LogP) is 0.806. The van der Waals surface area contributed by atoms with Crippen LogP contribution < -0.4 is 10.9 Å². The van der Waals surface area contributed by atoms with Gasteiger partial charge in [0.25, 0.3) is 5.91 Å². The van der Waals surface area contributed by atoms with Gasteiger partial charge in [0.2, 0.25) is 11.1 Å². The van der Waals surface area contributed by atoms with Crippen molar-refractivity contribution >= 4 is 23.6 Å². The van der Waals surface area contributed by atoms with Crippen molar-refractivity contribution in [3.63, 3.8) is 0 Å². The molecule has 2 rings (SSSR count). The van der Waals surface area contributed by atoms with Crippen LogP contribution in [0.15, 0.2) is 29.4 Å². The van der Waals surface area contributed by atoms with E-state index in [4.69, 9.17) is 0 Å². The Morgan fingerprint density at radius 2 is 2.00 bits per heavy atom. The molecule has 0 aliphatic carbocycles. The average Bonchev–Trinajstić information content (AvgIpc) is 2.89. The number of hydrazine groups is 1. The predicted molar refractivity (Wildman–Crippen MR) is 73.9 cm³/mol. The third-order valence-electron chi connectivity index (χ3n) is 2.33. The Labute approximate surface area is 123 Å². The summed E-state index contributed by atoms with van der Waals surface area (Å²) in [5.41, 5.74) is 4.73. The van der Waals surface area contributed by atoms with Crippen LogP contribution in [0, 0.1) is 12.7 Å². The topological polar surface area (TPSA) is 99.8 Å². The van der Waals surface area contributed by atoms with Gasteiger partial charge in [0.1, 0.15) is 11.6 Å². The molecule has 2 amide bonds. The number of nitrogens with one attached hydrogen (secondary N) is 3. The Hall–Kier alpha value is -2.42. The molecule has 1 aromatic carbocycles. The molecule has 0 unspecified atom stereocenters. The molecule has 0 radical (unpaired) electrons. The van der Waals surface area contributed by atoms with Gasteiger partial charge in [-0.15, -0.1) is 5.10 Å². The van der Waals surface area contributed by atoms with Gasteiger partial charge in [-0.25, -0.2) is 9.37 Å². The quantitative estimate of drug-likeness (QED) is 0.573. The zero-order valence-electron chi connectivity index (χ0n) is 11.0. The molecule has 0 aliphatic rings. The van der Waals surface area contributed by atoms with Crippen LogP contribution in [0.3, 0.4) is 0 Å². The van der Waals surface area contributed by atoms with E-state index in [0.717, 1.165) is 23.9 Å². The summed E-state index contributed by atoms with van der Waals surface area (Å²) in [6.45, 7) is 1.75. The van der Waals surface area contributed by atoms with Crippen molar-refractivity contribution in [2.75, 3.05) is 5.75 Å². The second-order valence-electron chi connectivity index (χ2n) is 4.00. The van der Waals surface area contributed by atoms with Crippen LogP contribution in [0.2, 0.25) is 0 Å². The SMILES string of the molecule is Cc1nc(SCC(=O)NNC(=O)c2ccc(F)cc2)n[nH]1. The second kappa shape index (κ2) is 6.84. The number of aromatic nitrogens is 3. The first-order valence-corrected chi connectivity index (χ1v) is 6.89. The van der Waals surface area contributed by atoms with Gasteiger partial charge >= 0.3 is 0 Å². The molecule has 0 bridgehead atoms. The molecule has 0 aliphatic heterocycles. The normalized spacial score (nSPS) is 10.2. The molecule has 110 valence electrons. The minimum atomic E-state index is -0.526. The Kier molecular flexibility index (Phi) is 4.88. The highest BCUT2D eigenvalue weighted by Crippen LogP contribution is 2.10. The van der Waals surface area contributed by atoms with Gasteiger partial charge in [-0.1, -0.05) is 11.8 Å². The van der Waals surface area contributed by atoms with E-state index in [1.807, 2.05) is 0 Å². The maximum Gasteiger partial charge on any atom is 0.269 e. The number of carbonyl (C=O) groups is 2. The smallest absolute Gasteiger partial charge is 0.269 e. The molecule has 1 aromatic heterocycles. The molecule has 0 fully saturated rings. The Balaban J connectivity index is 1.75. The molecule has 21 heavy (non-hydrogen) atoms. The molecular weight excluding hydrogens is 297 g/mol. The van der Waals surface area contributed by atoms with Crippen LogP contribution in [0.5, 0.6) is 0 Å². The zero-order chi connectivity index (χ0) is 15.2. The number of H-pyrrole nitrogens is 1. The summed E-state index contributed by atoms with van der Waals surface area (Å²) < 4.78 is 12.7. The number of benzene rings is 1. The third-order valence-corrected chi connectivity index (χ3v) is 3.18. The van der Waals surface area contributed by atoms with Crippen LogP contribution in [0.1, 0.15) is 16.2 Å². The summed E-state index contributed by atoms with van der Waals surface area (Å²) >= 11 is 1.13. The van der Waals surface area contributed by atoms with Crippen molar-refractivity contribution in [1.82, 2.24) is 26.0 Å². The van der Waals surface area contributed by atoms with Crippen LogP contribution in [-0.4, -0.2) is 32.7 Å². The lowest BCUT2D eigenvalue weighted by Crippen LogP contribution is -2.42. The highest BCUT2D eigenvalue weighted by atomic mass is 32.2. The summed E-state index contributed by atoms with van der Waals surface area (Å²) in [5.74, 6) is -0.655. The molecule has 1 heterocycles. The van der Waals surface area contributed by atoms with Crippen LogP contribution in [-0.2, 0) is 4.79 Å². The Morgan fingerprint density at radius 1 is 1.29 bits per heavy atom. The maximum atomic E-state index is 12.7. The molecule has 0 spiro atoms. The lowest BCUT2D eigenvalue weighted by molar-refractivity contribution is -0.119. The van der Waals surface area contributed by atoms with Crippen molar-refractivity contribution in [3.05, 3.63) is 41.5 Å². The first kappa shape index (κ1) is 15.0. The molecule has 9 heteroatoms. The van der Waals surface area contributed by atoms with E-state index in [1.165, 1.54) is 12.1 Å². The van der Waals surface area contributed by atoms with E-state index in [9.17, 15) is 14.0 Å². The fourth-order valence-corrected chi connectivity index (χ4v) is 2.00. The van der Waals surface area contributed by atoms with Gasteiger partial charge in [-0.3, -0.25) is 25.5 Å². The number of nitrogens with zero attached hydrogens (tertiary/aromatic N) is 2. The maximum absolute atomic E-state index is 12.7. The van der Waals surface area contributed by atoms with Crippen LogP contribution >= 0.6 is 11.8 Å². The highest BCUT2D eigenvalue weighted by Gasteiger charge is 2.09. The van der Waals surface area contributed by atoms with Crippen LogP contribution in [0.25, 0.3) is 0 Å². The molecule has 0 saturated carbocycles. The van der Waals surface area contributed by atoms with E-state index in [0.29, 0.717) is 11.0 Å². The molecular formula is C12H12FN5O2S. The second-order valence-corrected chi connectivity index (χ2v) is 4.94. The summed E-state index contributed by atoms with van der Waals surface area (Å²) in [7, 11) is 0. The Morgan fingerprint density at radius 3 is 2.62 bits per heavy atom.